The Hall–Kier alpha value is -2.98. The predicted molar refractivity (Wildman–Crippen MR) is 130 cm³/mol. The summed E-state index contributed by atoms with van der Waals surface area (Å²) in [7, 11) is -8.45. The predicted octanol–water partition coefficient (Wildman–Crippen LogP) is 5.45. The summed E-state index contributed by atoms with van der Waals surface area (Å²) >= 11 is 11.9. The van der Waals surface area contributed by atoms with E-state index in [4.69, 9.17) is 23.2 Å². The van der Waals surface area contributed by atoms with Gasteiger partial charge in [-0.3, -0.25) is 9.44 Å². The topological polar surface area (TPSA) is 113 Å². The molecule has 0 heterocycles. The van der Waals surface area contributed by atoms with Crippen LogP contribution in [0.25, 0.3) is 10.8 Å². The molecule has 0 amide bonds. The molecular weight excluding hydrogens is 507 g/mol. The van der Waals surface area contributed by atoms with E-state index in [1.165, 1.54) is 48.5 Å². The third-order valence-electron chi connectivity index (χ3n) is 4.63. The third-order valence-corrected chi connectivity index (χ3v) is 7.88. The summed E-state index contributed by atoms with van der Waals surface area (Å²) < 4.78 is 57.4. The van der Waals surface area contributed by atoms with Crippen LogP contribution in [0.15, 0.2) is 88.7 Å². The number of phenols is 1. The highest BCUT2D eigenvalue weighted by Crippen LogP contribution is 2.32. The summed E-state index contributed by atoms with van der Waals surface area (Å²) in [5.74, 6) is -0.172. The van der Waals surface area contributed by atoms with Gasteiger partial charge in [-0.25, -0.2) is 16.8 Å². The van der Waals surface area contributed by atoms with Gasteiger partial charge in [-0.15, -0.1) is 0 Å². The van der Waals surface area contributed by atoms with Crippen molar-refractivity contribution in [2.45, 2.75) is 9.79 Å². The average Bonchev–Trinajstić information content (AvgIpc) is 2.72. The molecule has 0 aromatic heterocycles. The highest BCUT2D eigenvalue weighted by Gasteiger charge is 2.24. The number of nitrogens with one attached hydrogen (secondary N) is 2. The van der Waals surface area contributed by atoms with Gasteiger partial charge in [0.25, 0.3) is 20.0 Å². The van der Waals surface area contributed by atoms with Crippen molar-refractivity contribution in [3.05, 3.63) is 88.9 Å². The lowest BCUT2D eigenvalue weighted by Gasteiger charge is -2.14. The van der Waals surface area contributed by atoms with Gasteiger partial charge < -0.3 is 5.11 Å². The first-order valence-electron chi connectivity index (χ1n) is 9.37. The number of halogens is 2. The molecule has 4 aromatic rings. The fourth-order valence-corrected chi connectivity index (χ4v) is 6.05. The van der Waals surface area contributed by atoms with Crippen LogP contribution in [0, 0.1) is 0 Å². The number of aromatic hydroxyl groups is 1. The zero-order valence-electron chi connectivity index (χ0n) is 16.7. The van der Waals surface area contributed by atoms with Crippen molar-refractivity contribution in [1.82, 2.24) is 0 Å². The molecule has 3 N–H and O–H groups in total. The van der Waals surface area contributed by atoms with E-state index < -0.39 is 20.0 Å². The van der Waals surface area contributed by atoms with E-state index in [0.717, 1.165) is 6.07 Å². The molecule has 170 valence electrons. The van der Waals surface area contributed by atoms with E-state index in [1.807, 2.05) is 0 Å². The van der Waals surface area contributed by atoms with Crippen molar-refractivity contribution in [2.24, 2.45) is 0 Å². The lowest BCUT2D eigenvalue weighted by Crippen LogP contribution is -2.17. The SMILES string of the molecule is O=S(=O)(Nc1cccc(Cl)c1)c1cc(S(=O)(=O)Nc2cccc(Cl)c2)c2cc(O)ccc2c1. The first-order chi connectivity index (χ1) is 15.5. The standard InChI is InChI=1S/C22H16Cl2N2O5S2/c23-15-3-1-5-17(10-15)25-32(28,29)20-9-14-7-8-19(27)12-21(14)22(13-20)33(30,31)26-18-6-2-4-16(24)11-18/h1-13,25-27H. The second-order valence-corrected chi connectivity index (χ2v) is 11.3. The van der Waals surface area contributed by atoms with Crippen molar-refractivity contribution < 1.29 is 21.9 Å². The molecule has 0 aliphatic rings. The van der Waals surface area contributed by atoms with Crippen LogP contribution in [-0.4, -0.2) is 21.9 Å². The molecule has 33 heavy (non-hydrogen) atoms. The number of anilines is 2. The van der Waals surface area contributed by atoms with Gasteiger partial charge in [-0.2, -0.15) is 0 Å². The minimum atomic E-state index is -4.27. The van der Waals surface area contributed by atoms with E-state index in [9.17, 15) is 21.9 Å². The molecule has 4 aromatic carbocycles. The first-order valence-corrected chi connectivity index (χ1v) is 13.1. The van der Waals surface area contributed by atoms with Crippen LogP contribution in [0.3, 0.4) is 0 Å². The summed E-state index contributed by atoms with van der Waals surface area (Å²) in [6, 6.07) is 18.6. The van der Waals surface area contributed by atoms with Crippen LogP contribution in [-0.2, 0) is 20.0 Å². The fraction of sp³-hybridized carbons (Fsp3) is 0. The van der Waals surface area contributed by atoms with Crippen LogP contribution in [0.1, 0.15) is 0 Å². The summed E-state index contributed by atoms with van der Waals surface area (Å²) in [5, 5.41) is 11.0. The van der Waals surface area contributed by atoms with Gasteiger partial charge in [0.05, 0.1) is 21.2 Å². The van der Waals surface area contributed by atoms with Gasteiger partial charge in [0.2, 0.25) is 0 Å². The van der Waals surface area contributed by atoms with Gasteiger partial charge in [-0.1, -0.05) is 41.4 Å². The van der Waals surface area contributed by atoms with Crippen LogP contribution < -0.4 is 9.44 Å². The van der Waals surface area contributed by atoms with Crippen molar-refractivity contribution in [3.63, 3.8) is 0 Å². The fourth-order valence-electron chi connectivity index (χ4n) is 3.19. The number of phenolic OH excluding ortho intramolecular Hbond substituents is 1. The number of hydrogen-bond donors (Lipinski definition) is 3. The molecule has 7 nitrogen and oxygen atoms in total. The maximum Gasteiger partial charge on any atom is 0.262 e. The normalized spacial score (nSPS) is 11.9. The Bertz CT molecular complexity index is 1590. The molecule has 4 rings (SSSR count). The zero-order chi connectivity index (χ0) is 23.8. The van der Waals surface area contributed by atoms with Crippen molar-refractivity contribution in [1.29, 1.82) is 0 Å². The van der Waals surface area contributed by atoms with E-state index >= 15 is 0 Å². The molecular formula is C22H16Cl2N2O5S2. The number of rotatable bonds is 6. The van der Waals surface area contributed by atoms with Gasteiger partial charge in [0.1, 0.15) is 5.75 Å². The maximum atomic E-state index is 13.3. The van der Waals surface area contributed by atoms with Gasteiger partial charge in [0, 0.05) is 15.4 Å². The van der Waals surface area contributed by atoms with Gasteiger partial charge in [-0.05, 0) is 66.0 Å². The second-order valence-electron chi connectivity index (χ2n) is 7.06. The van der Waals surface area contributed by atoms with E-state index in [-0.39, 0.29) is 32.3 Å². The molecule has 0 aliphatic carbocycles. The van der Waals surface area contributed by atoms with Crippen LogP contribution >= 0.6 is 23.2 Å². The largest absolute Gasteiger partial charge is 0.508 e. The summed E-state index contributed by atoms with van der Waals surface area (Å²) in [4.78, 5) is -0.616. The molecule has 11 heteroatoms. The quantitative estimate of drug-likeness (QED) is 0.311. The summed E-state index contributed by atoms with van der Waals surface area (Å²) in [6.07, 6.45) is 0. The zero-order valence-corrected chi connectivity index (χ0v) is 19.8. The van der Waals surface area contributed by atoms with E-state index in [2.05, 4.69) is 9.44 Å². The van der Waals surface area contributed by atoms with Crippen LogP contribution in [0.5, 0.6) is 5.75 Å². The Morgan fingerprint density at radius 3 is 1.82 bits per heavy atom. The molecule has 0 saturated heterocycles. The van der Waals surface area contributed by atoms with Gasteiger partial charge >= 0.3 is 0 Å². The smallest absolute Gasteiger partial charge is 0.262 e. The Labute approximate surface area is 200 Å². The molecule has 0 saturated carbocycles. The highest BCUT2D eigenvalue weighted by atomic mass is 35.5. The van der Waals surface area contributed by atoms with E-state index in [0.29, 0.717) is 15.4 Å². The first kappa shape index (κ1) is 23.2. The van der Waals surface area contributed by atoms with Crippen molar-refractivity contribution >= 4 is 65.4 Å². The van der Waals surface area contributed by atoms with Crippen LogP contribution in [0.2, 0.25) is 10.0 Å². The molecule has 0 bridgehead atoms. The Balaban J connectivity index is 1.86. The van der Waals surface area contributed by atoms with E-state index in [1.54, 1.807) is 24.3 Å². The molecule has 0 spiro atoms. The van der Waals surface area contributed by atoms with Gasteiger partial charge in [0.15, 0.2) is 0 Å². The lowest BCUT2D eigenvalue weighted by atomic mass is 10.1. The number of hydrogen-bond acceptors (Lipinski definition) is 5. The monoisotopic (exact) mass is 522 g/mol. The van der Waals surface area contributed by atoms with Crippen LogP contribution in [0.4, 0.5) is 11.4 Å². The Morgan fingerprint density at radius 2 is 1.24 bits per heavy atom. The van der Waals surface area contributed by atoms with Crippen molar-refractivity contribution in [3.8, 4) is 5.75 Å². The summed E-state index contributed by atoms with van der Waals surface area (Å²) in [6.45, 7) is 0. The molecule has 0 fully saturated rings. The summed E-state index contributed by atoms with van der Waals surface area (Å²) in [5.41, 5.74) is 0.413. The second kappa shape index (κ2) is 8.75. The highest BCUT2D eigenvalue weighted by molar-refractivity contribution is 7.93. The molecule has 0 aliphatic heterocycles. The third kappa shape index (κ3) is 5.17. The maximum absolute atomic E-state index is 13.3. The Kier molecular flexibility index (Phi) is 6.15. The molecule has 0 atom stereocenters. The average molecular weight is 523 g/mol. The van der Waals surface area contributed by atoms with Crippen molar-refractivity contribution in [2.75, 3.05) is 9.44 Å². The molecule has 0 radical (unpaired) electrons. The Morgan fingerprint density at radius 1 is 0.667 bits per heavy atom. The minimum Gasteiger partial charge on any atom is -0.508 e. The lowest BCUT2D eigenvalue weighted by molar-refractivity contribution is 0.476. The minimum absolute atomic E-state index is 0.145. The number of fused-ring (bicyclic) bond motifs is 1. The number of sulfonamides is 2. The molecule has 0 unspecified atom stereocenters. The number of benzene rings is 4.